The van der Waals surface area contributed by atoms with Crippen molar-refractivity contribution >= 4 is 35.9 Å². The number of aromatic amines is 1. The number of pyridine rings is 2. The van der Waals surface area contributed by atoms with Crippen LogP contribution in [0.4, 0.5) is 0 Å². The van der Waals surface area contributed by atoms with E-state index in [0.717, 1.165) is 27.1 Å². The quantitative estimate of drug-likeness (QED) is 0.560. The van der Waals surface area contributed by atoms with Crippen molar-refractivity contribution in [3.05, 3.63) is 65.1 Å². The fourth-order valence-corrected chi connectivity index (χ4v) is 3.38. The Morgan fingerprint density at radius 3 is 2.96 bits per heavy atom. The lowest BCUT2D eigenvalue weighted by Gasteiger charge is -2.10. The van der Waals surface area contributed by atoms with Crippen LogP contribution in [0.1, 0.15) is 5.69 Å². The summed E-state index contributed by atoms with van der Waals surface area (Å²) in [6, 6.07) is 9.53. The summed E-state index contributed by atoms with van der Waals surface area (Å²) in [5.74, 6) is 0. The lowest BCUT2D eigenvalue weighted by Crippen LogP contribution is -2.21. The zero-order chi connectivity index (χ0) is 15.8. The number of nitrogens with one attached hydrogen (secondary N) is 1. The predicted molar refractivity (Wildman–Crippen MR) is 91.4 cm³/mol. The fourth-order valence-electron chi connectivity index (χ4n) is 2.76. The molecule has 2 N–H and O–H groups in total. The van der Waals surface area contributed by atoms with E-state index in [0.29, 0.717) is 5.69 Å². The van der Waals surface area contributed by atoms with Crippen molar-refractivity contribution in [3.8, 4) is 0 Å². The Labute approximate surface area is 132 Å². The smallest absolute Gasteiger partial charge is 0.326 e. The van der Waals surface area contributed by atoms with Crippen molar-refractivity contribution in [1.29, 1.82) is 0 Å². The van der Waals surface area contributed by atoms with Crippen LogP contribution in [0.15, 0.2) is 53.7 Å². The van der Waals surface area contributed by atoms with Crippen LogP contribution in [0.3, 0.4) is 0 Å². The number of hydrogen-bond acceptors (Lipinski definition) is 4. The SMILES string of the molecule is O=c1[nH]c2ccncc2n1Cc1ncc2ccccc2c1PO. The Morgan fingerprint density at radius 1 is 1.22 bits per heavy atom. The van der Waals surface area contributed by atoms with Gasteiger partial charge in [-0.15, -0.1) is 0 Å². The van der Waals surface area contributed by atoms with Gasteiger partial charge in [0.05, 0.1) is 29.5 Å². The Balaban J connectivity index is 1.89. The van der Waals surface area contributed by atoms with Gasteiger partial charge >= 0.3 is 5.69 Å². The van der Waals surface area contributed by atoms with Gasteiger partial charge in [0.25, 0.3) is 0 Å². The minimum absolute atomic E-state index is 0.213. The lowest BCUT2D eigenvalue weighted by molar-refractivity contribution is 0.654. The third-order valence-corrected chi connectivity index (χ3v) is 4.66. The summed E-state index contributed by atoms with van der Waals surface area (Å²) in [6.45, 7) is 0.290. The molecule has 0 aliphatic rings. The number of hydrogen-bond donors (Lipinski definition) is 2. The second kappa shape index (κ2) is 5.57. The number of nitrogens with zero attached hydrogens (tertiary/aromatic N) is 3. The molecule has 1 aromatic carbocycles. The van der Waals surface area contributed by atoms with Crippen molar-refractivity contribution in [2.45, 2.75) is 6.54 Å². The van der Waals surface area contributed by atoms with Gasteiger partial charge in [-0.2, -0.15) is 0 Å². The van der Waals surface area contributed by atoms with Crippen LogP contribution in [-0.2, 0) is 6.54 Å². The topological polar surface area (TPSA) is 83.8 Å². The van der Waals surface area contributed by atoms with Crippen molar-refractivity contribution < 1.29 is 4.89 Å². The molecular weight excluding hydrogens is 311 g/mol. The number of fused-ring (bicyclic) bond motifs is 2. The Morgan fingerprint density at radius 2 is 2.09 bits per heavy atom. The van der Waals surface area contributed by atoms with E-state index in [-0.39, 0.29) is 21.0 Å². The molecule has 114 valence electrons. The van der Waals surface area contributed by atoms with E-state index < -0.39 is 0 Å². The van der Waals surface area contributed by atoms with Gasteiger partial charge < -0.3 is 9.88 Å². The summed E-state index contributed by atoms with van der Waals surface area (Å²) in [4.78, 5) is 33.3. The first-order valence-corrected chi connectivity index (χ1v) is 8.02. The summed E-state index contributed by atoms with van der Waals surface area (Å²) < 4.78 is 1.59. The monoisotopic (exact) mass is 324 g/mol. The molecule has 3 aromatic heterocycles. The Kier molecular flexibility index (Phi) is 3.41. The number of H-pyrrole nitrogens is 1. The number of rotatable bonds is 3. The minimum atomic E-state index is -0.386. The van der Waals surface area contributed by atoms with E-state index in [9.17, 15) is 9.69 Å². The van der Waals surface area contributed by atoms with E-state index >= 15 is 0 Å². The summed E-state index contributed by atoms with van der Waals surface area (Å²) in [6.07, 6.45) is 5.05. The molecule has 0 aliphatic carbocycles. The molecule has 1 unspecified atom stereocenters. The normalized spacial score (nSPS) is 11.9. The maximum Gasteiger partial charge on any atom is 0.326 e. The van der Waals surface area contributed by atoms with Gasteiger partial charge in [-0.1, -0.05) is 24.3 Å². The molecule has 0 fully saturated rings. The molecule has 7 heteroatoms. The number of imidazole rings is 1. The van der Waals surface area contributed by atoms with E-state index in [2.05, 4.69) is 15.0 Å². The average molecular weight is 324 g/mol. The Hall–Kier alpha value is -2.56. The van der Waals surface area contributed by atoms with Crippen molar-refractivity contribution in [3.63, 3.8) is 0 Å². The van der Waals surface area contributed by atoms with Crippen LogP contribution in [0.25, 0.3) is 21.8 Å². The second-order valence-corrected chi connectivity index (χ2v) is 5.91. The fraction of sp³-hybridized carbons (Fsp3) is 0.0625. The van der Waals surface area contributed by atoms with Crippen molar-refractivity contribution in [2.24, 2.45) is 0 Å². The lowest BCUT2D eigenvalue weighted by atomic mass is 10.1. The van der Waals surface area contributed by atoms with Crippen LogP contribution in [0.5, 0.6) is 0 Å². The summed E-state index contributed by atoms with van der Waals surface area (Å²) in [5, 5.41) is 2.71. The zero-order valence-electron chi connectivity index (χ0n) is 12.0. The molecule has 0 bridgehead atoms. The second-order valence-electron chi connectivity index (χ2n) is 5.19. The number of benzene rings is 1. The molecule has 0 aliphatic heterocycles. The maximum atomic E-state index is 12.2. The highest BCUT2D eigenvalue weighted by atomic mass is 31.1. The van der Waals surface area contributed by atoms with Gasteiger partial charge in [-0.3, -0.25) is 14.5 Å². The molecule has 6 nitrogen and oxygen atoms in total. The molecule has 4 aromatic rings. The van der Waals surface area contributed by atoms with Crippen LogP contribution < -0.4 is 11.0 Å². The molecular formula is C16H13N4O2P. The van der Waals surface area contributed by atoms with E-state index in [4.69, 9.17) is 0 Å². The van der Waals surface area contributed by atoms with Crippen LogP contribution in [0, 0.1) is 0 Å². The predicted octanol–water partition coefficient (Wildman–Crippen LogP) is 1.53. The third-order valence-electron chi connectivity index (χ3n) is 3.88. The van der Waals surface area contributed by atoms with Crippen LogP contribution in [-0.4, -0.2) is 24.4 Å². The first-order valence-electron chi connectivity index (χ1n) is 7.07. The van der Waals surface area contributed by atoms with E-state index in [1.54, 1.807) is 29.2 Å². The zero-order valence-corrected chi connectivity index (χ0v) is 13.0. The van der Waals surface area contributed by atoms with Crippen molar-refractivity contribution in [2.75, 3.05) is 0 Å². The molecule has 0 amide bonds. The highest BCUT2D eigenvalue weighted by Crippen LogP contribution is 2.19. The summed E-state index contributed by atoms with van der Waals surface area (Å²) >= 11 is 0. The largest absolute Gasteiger partial charge is 0.372 e. The molecule has 0 saturated carbocycles. The molecule has 3 heterocycles. The van der Waals surface area contributed by atoms with Crippen LogP contribution >= 0.6 is 8.81 Å². The average Bonchev–Trinajstić information content (AvgIpc) is 2.90. The Bertz CT molecular complexity index is 1070. The van der Waals surface area contributed by atoms with E-state index in [1.807, 2.05) is 24.3 Å². The number of aromatic nitrogens is 4. The maximum absolute atomic E-state index is 12.2. The minimum Gasteiger partial charge on any atom is -0.372 e. The van der Waals surface area contributed by atoms with Gasteiger partial charge in [0.15, 0.2) is 0 Å². The first-order chi connectivity index (χ1) is 11.3. The molecule has 1 atom stereocenters. The van der Waals surface area contributed by atoms with Gasteiger partial charge in [-0.05, 0) is 11.5 Å². The third kappa shape index (κ3) is 2.32. The summed E-state index contributed by atoms with van der Waals surface area (Å²) in [5.41, 5.74) is 1.94. The van der Waals surface area contributed by atoms with Crippen molar-refractivity contribution in [1.82, 2.24) is 19.5 Å². The standard InChI is InChI=1S/C16H13N4O2P/c21-16-19-12-5-6-17-8-14(12)20(16)9-13-15(23-22)11-4-2-1-3-10(11)7-18-13/h1-8,22-23H,9H2,(H,19,21). The summed E-state index contributed by atoms with van der Waals surface area (Å²) in [7, 11) is -0.386. The highest BCUT2D eigenvalue weighted by Gasteiger charge is 2.13. The first kappa shape index (κ1) is 14.1. The molecule has 0 spiro atoms. The van der Waals surface area contributed by atoms with Gasteiger partial charge in [0, 0.05) is 31.9 Å². The molecule has 0 radical (unpaired) electrons. The van der Waals surface area contributed by atoms with Crippen LogP contribution in [0.2, 0.25) is 0 Å². The molecule has 0 saturated heterocycles. The van der Waals surface area contributed by atoms with Gasteiger partial charge in [0.2, 0.25) is 0 Å². The molecule has 23 heavy (non-hydrogen) atoms. The van der Waals surface area contributed by atoms with Gasteiger partial charge in [-0.25, -0.2) is 4.79 Å². The molecule has 4 rings (SSSR count). The van der Waals surface area contributed by atoms with E-state index in [1.165, 1.54) is 0 Å². The van der Waals surface area contributed by atoms with Gasteiger partial charge in [0.1, 0.15) is 0 Å². The highest BCUT2D eigenvalue weighted by molar-refractivity contribution is 7.41.